The highest BCUT2D eigenvalue weighted by molar-refractivity contribution is 6.33. The van der Waals surface area contributed by atoms with Gasteiger partial charge in [0.05, 0.1) is 16.8 Å². The first-order valence-electron chi connectivity index (χ1n) is 5.56. The van der Waals surface area contributed by atoms with E-state index < -0.39 is 5.41 Å². The lowest BCUT2D eigenvalue weighted by atomic mass is 9.69. The van der Waals surface area contributed by atoms with Crippen LogP contribution in [-0.2, 0) is 4.79 Å². The van der Waals surface area contributed by atoms with E-state index in [0.717, 1.165) is 12.0 Å². The van der Waals surface area contributed by atoms with Gasteiger partial charge in [0.2, 0.25) is 5.91 Å². The van der Waals surface area contributed by atoms with Crippen LogP contribution in [0, 0.1) is 23.7 Å². The number of benzene rings is 1. The molecule has 1 fully saturated rings. The summed E-state index contributed by atoms with van der Waals surface area (Å²) in [4.78, 5) is 12.0. The largest absolute Gasteiger partial charge is 0.323 e. The monoisotopic (exact) mass is 248 g/mol. The van der Waals surface area contributed by atoms with E-state index in [9.17, 15) is 4.79 Å². The van der Waals surface area contributed by atoms with E-state index in [1.165, 1.54) is 0 Å². The van der Waals surface area contributed by atoms with Gasteiger partial charge in [-0.05, 0) is 43.9 Å². The number of carbonyl (C=O) groups is 1. The topological polar surface area (TPSA) is 52.9 Å². The van der Waals surface area contributed by atoms with Crippen LogP contribution in [0.15, 0.2) is 18.2 Å². The van der Waals surface area contributed by atoms with Crippen molar-refractivity contribution >= 4 is 23.2 Å². The Balaban J connectivity index is 2.19. The van der Waals surface area contributed by atoms with Crippen LogP contribution < -0.4 is 5.32 Å². The van der Waals surface area contributed by atoms with Gasteiger partial charge in [0.1, 0.15) is 5.41 Å². The second-order valence-electron chi connectivity index (χ2n) is 4.48. The lowest BCUT2D eigenvalue weighted by Crippen LogP contribution is -2.40. The van der Waals surface area contributed by atoms with Gasteiger partial charge in [0.25, 0.3) is 0 Å². The van der Waals surface area contributed by atoms with Gasteiger partial charge in [-0.15, -0.1) is 0 Å². The predicted molar refractivity (Wildman–Crippen MR) is 66.7 cm³/mol. The van der Waals surface area contributed by atoms with E-state index in [4.69, 9.17) is 16.9 Å². The summed E-state index contributed by atoms with van der Waals surface area (Å²) in [5, 5.41) is 12.3. The molecule has 17 heavy (non-hydrogen) atoms. The standard InChI is InChI=1S/C13H13ClN2O/c1-9-3-4-10(14)11(7-9)16-12(17)13(8-15)5-2-6-13/h3-4,7H,2,5-6H2,1H3,(H,16,17). The van der Waals surface area contributed by atoms with Crippen molar-refractivity contribution in [3.8, 4) is 6.07 Å². The third-order valence-electron chi connectivity index (χ3n) is 3.23. The third kappa shape index (κ3) is 2.13. The molecule has 0 unspecified atom stereocenters. The van der Waals surface area contributed by atoms with E-state index in [1.807, 2.05) is 19.1 Å². The Morgan fingerprint density at radius 3 is 2.76 bits per heavy atom. The molecule has 0 aromatic heterocycles. The number of halogens is 1. The molecule has 0 spiro atoms. The van der Waals surface area contributed by atoms with E-state index in [2.05, 4.69) is 11.4 Å². The first-order chi connectivity index (χ1) is 8.07. The molecule has 0 bridgehead atoms. The molecule has 1 aromatic carbocycles. The number of nitrogens with zero attached hydrogens (tertiary/aromatic N) is 1. The van der Waals surface area contributed by atoms with Crippen molar-refractivity contribution in [3.63, 3.8) is 0 Å². The summed E-state index contributed by atoms with van der Waals surface area (Å²) in [5.74, 6) is -0.237. The maximum Gasteiger partial charge on any atom is 0.244 e. The summed E-state index contributed by atoms with van der Waals surface area (Å²) >= 11 is 6.00. The fraction of sp³-hybridized carbons (Fsp3) is 0.385. The predicted octanol–water partition coefficient (Wildman–Crippen LogP) is 3.28. The number of rotatable bonds is 2. The van der Waals surface area contributed by atoms with Crippen LogP contribution in [0.2, 0.25) is 5.02 Å². The third-order valence-corrected chi connectivity index (χ3v) is 3.56. The molecule has 3 nitrogen and oxygen atoms in total. The van der Waals surface area contributed by atoms with E-state index in [1.54, 1.807) is 6.07 Å². The normalized spacial score (nSPS) is 16.8. The van der Waals surface area contributed by atoms with Gasteiger partial charge in [-0.3, -0.25) is 4.79 Å². The number of carbonyl (C=O) groups excluding carboxylic acids is 1. The Morgan fingerprint density at radius 1 is 1.53 bits per heavy atom. The van der Waals surface area contributed by atoms with Crippen LogP contribution in [0.4, 0.5) is 5.69 Å². The Morgan fingerprint density at radius 2 is 2.24 bits per heavy atom. The molecule has 0 aliphatic heterocycles. The van der Waals surface area contributed by atoms with Crippen LogP contribution in [0.5, 0.6) is 0 Å². The van der Waals surface area contributed by atoms with Crippen LogP contribution in [-0.4, -0.2) is 5.91 Å². The second kappa shape index (κ2) is 4.38. The molecule has 1 aliphatic rings. The van der Waals surface area contributed by atoms with Gasteiger partial charge < -0.3 is 5.32 Å². The van der Waals surface area contributed by atoms with Crippen LogP contribution in [0.3, 0.4) is 0 Å². The fourth-order valence-corrected chi connectivity index (χ4v) is 2.06. The first-order valence-corrected chi connectivity index (χ1v) is 5.94. The van der Waals surface area contributed by atoms with Gasteiger partial charge in [-0.25, -0.2) is 0 Å². The lowest BCUT2D eigenvalue weighted by Gasteiger charge is -2.33. The SMILES string of the molecule is Cc1ccc(Cl)c(NC(=O)C2(C#N)CCC2)c1. The molecule has 1 aromatic rings. The van der Waals surface area contributed by atoms with Gasteiger partial charge in [0, 0.05) is 0 Å². The van der Waals surface area contributed by atoms with Crippen LogP contribution in [0.25, 0.3) is 0 Å². The van der Waals surface area contributed by atoms with Gasteiger partial charge in [-0.1, -0.05) is 17.7 Å². The molecular weight excluding hydrogens is 236 g/mol. The van der Waals surface area contributed by atoms with Gasteiger partial charge in [0.15, 0.2) is 0 Å². The van der Waals surface area contributed by atoms with Crippen molar-refractivity contribution in [2.75, 3.05) is 5.32 Å². The van der Waals surface area contributed by atoms with E-state index in [0.29, 0.717) is 23.6 Å². The summed E-state index contributed by atoms with van der Waals surface area (Å²) in [6, 6.07) is 7.54. The molecule has 1 N–H and O–H groups in total. The van der Waals surface area contributed by atoms with E-state index in [-0.39, 0.29) is 5.91 Å². The summed E-state index contributed by atoms with van der Waals surface area (Å²) in [7, 11) is 0. The highest BCUT2D eigenvalue weighted by atomic mass is 35.5. The maximum absolute atomic E-state index is 12.0. The minimum absolute atomic E-state index is 0.237. The minimum Gasteiger partial charge on any atom is -0.323 e. The number of aryl methyl sites for hydroxylation is 1. The Kier molecular flexibility index (Phi) is 3.08. The summed E-state index contributed by atoms with van der Waals surface area (Å²) in [5.41, 5.74) is 0.759. The zero-order chi connectivity index (χ0) is 12.5. The molecule has 0 saturated heterocycles. The highest BCUT2D eigenvalue weighted by Gasteiger charge is 2.44. The van der Waals surface area contributed by atoms with Crippen molar-refractivity contribution < 1.29 is 4.79 Å². The summed E-state index contributed by atoms with van der Waals surface area (Å²) in [6.45, 7) is 1.93. The number of amides is 1. The molecule has 1 aliphatic carbocycles. The van der Waals surface area contributed by atoms with Gasteiger partial charge >= 0.3 is 0 Å². The smallest absolute Gasteiger partial charge is 0.244 e. The zero-order valence-corrected chi connectivity index (χ0v) is 10.3. The molecule has 88 valence electrons. The second-order valence-corrected chi connectivity index (χ2v) is 4.89. The first kappa shape index (κ1) is 11.9. The molecule has 2 rings (SSSR count). The Hall–Kier alpha value is -1.53. The Bertz CT molecular complexity index is 501. The molecular formula is C13H13ClN2O. The van der Waals surface area contributed by atoms with Crippen molar-refractivity contribution in [3.05, 3.63) is 28.8 Å². The molecule has 0 atom stereocenters. The molecule has 1 amide bonds. The quantitative estimate of drug-likeness (QED) is 0.873. The minimum atomic E-state index is -0.840. The number of anilines is 1. The average molecular weight is 249 g/mol. The lowest BCUT2D eigenvalue weighted by molar-refractivity contribution is -0.126. The molecule has 1 saturated carbocycles. The summed E-state index contributed by atoms with van der Waals surface area (Å²) < 4.78 is 0. The molecule has 0 radical (unpaired) electrons. The van der Waals surface area contributed by atoms with Crippen LogP contribution >= 0.6 is 11.6 Å². The zero-order valence-electron chi connectivity index (χ0n) is 9.59. The Labute approximate surface area is 105 Å². The van der Waals surface area contributed by atoms with E-state index >= 15 is 0 Å². The van der Waals surface area contributed by atoms with Crippen molar-refractivity contribution in [1.82, 2.24) is 0 Å². The average Bonchev–Trinajstić information content (AvgIpc) is 2.23. The van der Waals surface area contributed by atoms with Crippen molar-refractivity contribution in [2.24, 2.45) is 5.41 Å². The maximum atomic E-state index is 12.0. The number of hydrogen-bond donors (Lipinski definition) is 1. The number of hydrogen-bond acceptors (Lipinski definition) is 2. The van der Waals surface area contributed by atoms with Crippen molar-refractivity contribution in [1.29, 1.82) is 5.26 Å². The van der Waals surface area contributed by atoms with Crippen molar-refractivity contribution in [2.45, 2.75) is 26.2 Å². The number of nitrogens with one attached hydrogen (secondary N) is 1. The molecule has 0 heterocycles. The fourth-order valence-electron chi connectivity index (χ4n) is 1.90. The number of nitriles is 1. The highest BCUT2D eigenvalue weighted by Crippen LogP contribution is 2.41. The summed E-state index contributed by atoms with van der Waals surface area (Å²) in [6.07, 6.45) is 2.21. The van der Waals surface area contributed by atoms with Gasteiger partial charge in [-0.2, -0.15) is 5.26 Å². The molecule has 4 heteroatoms. The van der Waals surface area contributed by atoms with Crippen LogP contribution in [0.1, 0.15) is 24.8 Å².